The number of rotatable bonds is 6. The molecule has 0 unspecified atom stereocenters. The molecule has 1 amide bonds. The highest BCUT2D eigenvalue weighted by Crippen LogP contribution is 2.22. The van der Waals surface area contributed by atoms with Crippen LogP contribution < -0.4 is 5.32 Å². The molecule has 18 heavy (non-hydrogen) atoms. The van der Waals surface area contributed by atoms with Crippen molar-refractivity contribution in [2.24, 2.45) is 0 Å². The van der Waals surface area contributed by atoms with Crippen LogP contribution in [-0.2, 0) is 0 Å². The number of amides is 1. The smallest absolute Gasteiger partial charge is 0.345 e. The lowest BCUT2D eigenvalue weighted by Crippen LogP contribution is -2.46. The van der Waals surface area contributed by atoms with Crippen molar-refractivity contribution < 1.29 is 14.7 Å². The summed E-state index contributed by atoms with van der Waals surface area (Å²) in [5.74, 6) is -1.18. The number of carboxylic acid groups (broad SMARTS) is 1. The van der Waals surface area contributed by atoms with Crippen LogP contribution in [0.25, 0.3) is 0 Å². The highest BCUT2D eigenvalue weighted by atomic mass is 32.1. The van der Waals surface area contributed by atoms with E-state index in [1.165, 1.54) is 6.07 Å². The summed E-state index contributed by atoms with van der Waals surface area (Å²) in [6, 6.07) is 3.03. The first-order chi connectivity index (χ1) is 8.48. The van der Waals surface area contributed by atoms with Crippen LogP contribution in [0.3, 0.4) is 0 Å². The maximum atomic E-state index is 12.1. The second kappa shape index (κ2) is 6.00. The van der Waals surface area contributed by atoms with E-state index in [1.54, 1.807) is 6.07 Å². The SMILES string of the molecule is CCC(CC)(CC)NC(=O)c1ccc(C(=O)O)s1. The van der Waals surface area contributed by atoms with Crippen molar-refractivity contribution in [3.63, 3.8) is 0 Å². The van der Waals surface area contributed by atoms with Crippen molar-refractivity contribution in [2.75, 3.05) is 0 Å². The molecule has 0 spiro atoms. The lowest BCUT2D eigenvalue weighted by Gasteiger charge is -2.31. The molecule has 0 aromatic carbocycles. The molecule has 2 N–H and O–H groups in total. The van der Waals surface area contributed by atoms with E-state index in [9.17, 15) is 9.59 Å². The van der Waals surface area contributed by atoms with Crippen LogP contribution in [0.1, 0.15) is 59.4 Å². The molecule has 0 aliphatic carbocycles. The molecule has 1 rings (SSSR count). The van der Waals surface area contributed by atoms with Crippen LogP contribution in [-0.4, -0.2) is 22.5 Å². The van der Waals surface area contributed by atoms with Gasteiger partial charge < -0.3 is 10.4 Å². The fourth-order valence-corrected chi connectivity index (χ4v) is 2.63. The summed E-state index contributed by atoms with van der Waals surface area (Å²) < 4.78 is 0. The van der Waals surface area contributed by atoms with Crippen LogP contribution in [0.15, 0.2) is 12.1 Å². The number of carboxylic acids is 1. The summed E-state index contributed by atoms with van der Waals surface area (Å²) in [6.45, 7) is 6.14. The molecular formula is C13H19NO3S. The average molecular weight is 269 g/mol. The molecular weight excluding hydrogens is 250 g/mol. The van der Waals surface area contributed by atoms with Crippen molar-refractivity contribution in [1.29, 1.82) is 0 Å². The quantitative estimate of drug-likeness (QED) is 0.833. The predicted octanol–water partition coefficient (Wildman–Crippen LogP) is 3.14. The molecule has 1 aromatic heterocycles. The summed E-state index contributed by atoms with van der Waals surface area (Å²) in [7, 11) is 0. The molecule has 0 radical (unpaired) electrons. The lowest BCUT2D eigenvalue weighted by atomic mass is 9.90. The Bertz CT molecular complexity index is 427. The van der Waals surface area contributed by atoms with Gasteiger partial charge >= 0.3 is 5.97 Å². The first-order valence-electron chi connectivity index (χ1n) is 6.13. The van der Waals surface area contributed by atoms with Gasteiger partial charge in [0.05, 0.1) is 4.88 Å². The van der Waals surface area contributed by atoms with Gasteiger partial charge in [0.1, 0.15) is 4.88 Å². The minimum atomic E-state index is -0.994. The third kappa shape index (κ3) is 3.10. The Morgan fingerprint density at radius 1 is 1.17 bits per heavy atom. The second-order valence-corrected chi connectivity index (χ2v) is 5.35. The van der Waals surface area contributed by atoms with E-state index in [2.05, 4.69) is 5.32 Å². The first-order valence-corrected chi connectivity index (χ1v) is 6.95. The van der Waals surface area contributed by atoms with E-state index in [0.717, 1.165) is 30.6 Å². The van der Waals surface area contributed by atoms with Crippen LogP contribution >= 0.6 is 11.3 Å². The Kier molecular flexibility index (Phi) is 4.90. The van der Waals surface area contributed by atoms with Crippen LogP contribution in [0.2, 0.25) is 0 Å². The van der Waals surface area contributed by atoms with Gasteiger partial charge in [-0.3, -0.25) is 4.79 Å². The maximum Gasteiger partial charge on any atom is 0.345 e. The van der Waals surface area contributed by atoms with Crippen molar-refractivity contribution >= 4 is 23.2 Å². The fourth-order valence-electron chi connectivity index (χ4n) is 1.89. The van der Waals surface area contributed by atoms with Gasteiger partial charge in [0, 0.05) is 5.54 Å². The second-order valence-electron chi connectivity index (χ2n) is 4.26. The summed E-state index contributed by atoms with van der Waals surface area (Å²) >= 11 is 1.01. The first kappa shape index (κ1) is 14.7. The van der Waals surface area contributed by atoms with Gasteiger partial charge in [-0.25, -0.2) is 4.79 Å². The highest BCUT2D eigenvalue weighted by Gasteiger charge is 2.27. The van der Waals surface area contributed by atoms with E-state index < -0.39 is 5.97 Å². The van der Waals surface area contributed by atoms with Crippen LogP contribution in [0.4, 0.5) is 0 Å². The van der Waals surface area contributed by atoms with Crippen molar-refractivity contribution in [3.05, 3.63) is 21.9 Å². The van der Waals surface area contributed by atoms with Gasteiger partial charge in [-0.2, -0.15) is 0 Å². The zero-order chi connectivity index (χ0) is 13.8. The number of thiophene rings is 1. The monoisotopic (exact) mass is 269 g/mol. The standard InChI is InChI=1S/C13H19NO3S/c1-4-13(5-2,6-3)14-11(15)9-7-8-10(18-9)12(16)17/h7-8H,4-6H2,1-3H3,(H,14,15)(H,16,17). The van der Waals surface area contributed by atoms with Gasteiger partial charge in [0.25, 0.3) is 5.91 Å². The largest absolute Gasteiger partial charge is 0.477 e. The molecule has 0 aliphatic heterocycles. The molecule has 100 valence electrons. The molecule has 0 bridgehead atoms. The van der Waals surface area contributed by atoms with Gasteiger partial charge in [-0.15, -0.1) is 11.3 Å². The lowest BCUT2D eigenvalue weighted by molar-refractivity contribution is 0.0702. The van der Waals surface area contributed by atoms with Crippen LogP contribution in [0, 0.1) is 0 Å². The Balaban J connectivity index is 2.84. The molecule has 4 nitrogen and oxygen atoms in total. The number of carbonyl (C=O) groups excluding carboxylic acids is 1. The predicted molar refractivity (Wildman–Crippen MR) is 72.3 cm³/mol. The van der Waals surface area contributed by atoms with Gasteiger partial charge in [0.15, 0.2) is 0 Å². The molecule has 0 saturated heterocycles. The molecule has 0 atom stereocenters. The van der Waals surface area contributed by atoms with E-state index in [1.807, 2.05) is 20.8 Å². The van der Waals surface area contributed by atoms with E-state index >= 15 is 0 Å². The van der Waals surface area contributed by atoms with E-state index in [4.69, 9.17) is 5.11 Å². The highest BCUT2D eigenvalue weighted by molar-refractivity contribution is 7.15. The number of nitrogens with one attached hydrogen (secondary N) is 1. The maximum absolute atomic E-state index is 12.1. The zero-order valence-corrected chi connectivity index (χ0v) is 11.8. The van der Waals surface area contributed by atoms with Crippen molar-refractivity contribution in [3.8, 4) is 0 Å². The minimum Gasteiger partial charge on any atom is -0.477 e. The fraction of sp³-hybridized carbons (Fsp3) is 0.538. The minimum absolute atomic E-state index is 0.182. The molecule has 0 saturated carbocycles. The summed E-state index contributed by atoms with van der Waals surface area (Å²) in [6.07, 6.45) is 2.59. The third-order valence-corrected chi connectivity index (χ3v) is 4.52. The van der Waals surface area contributed by atoms with Gasteiger partial charge in [0.2, 0.25) is 0 Å². The van der Waals surface area contributed by atoms with Crippen molar-refractivity contribution in [1.82, 2.24) is 5.32 Å². The Hall–Kier alpha value is -1.36. The Morgan fingerprint density at radius 2 is 1.67 bits per heavy atom. The van der Waals surface area contributed by atoms with E-state index in [0.29, 0.717) is 4.88 Å². The molecule has 0 aliphatic rings. The molecule has 1 aromatic rings. The molecule has 5 heteroatoms. The third-order valence-electron chi connectivity index (χ3n) is 3.45. The van der Waals surface area contributed by atoms with Gasteiger partial charge in [-0.1, -0.05) is 20.8 Å². The Labute approximate surface area is 111 Å². The summed E-state index contributed by atoms with van der Waals surface area (Å²) in [5, 5.41) is 11.9. The average Bonchev–Trinajstić information content (AvgIpc) is 2.86. The van der Waals surface area contributed by atoms with Crippen LogP contribution in [0.5, 0.6) is 0 Å². The molecule has 1 heterocycles. The normalized spacial score (nSPS) is 11.3. The number of carbonyl (C=O) groups is 2. The topological polar surface area (TPSA) is 66.4 Å². The van der Waals surface area contributed by atoms with Gasteiger partial charge in [-0.05, 0) is 31.4 Å². The molecule has 0 fully saturated rings. The summed E-state index contributed by atoms with van der Waals surface area (Å²) in [5.41, 5.74) is -0.190. The number of hydrogen-bond donors (Lipinski definition) is 2. The Morgan fingerprint density at radius 3 is 2.06 bits per heavy atom. The van der Waals surface area contributed by atoms with E-state index in [-0.39, 0.29) is 16.3 Å². The summed E-state index contributed by atoms with van der Waals surface area (Å²) in [4.78, 5) is 23.5. The van der Waals surface area contributed by atoms with Crippen molar-refractivity contribution in [2.45, 2.75) is 45.6 Å². The zero-order valence-electron chi connectivity index (χ0n) is 10.9. The number of hydrogen-bond acceptors (Lipinski definition) is 3. The number of aromatic carboxylic acids is 1.